The van der Waals surface area contributed by atoms with Crippen LogP contribution in [0.15, 0.2) is 16.3 Å². The summed E-state index contributed by atoms with van der Waals surface area (Å²) in [6, 6.07) is 0.392. The van der Waals surface area contributed by atoms with Crippen LogP contribution in [0.25, 0.3) is 0 Å². The number of rotatable bonds is 4. The van der Waals surface area contributed by atoms with E-state index in [1.165, 1.54) is 5.69 Å². The number of nitrogens with one attached hydrogen (secondary N) is 1. The molecule has 0 unspecified atom stereocenters. The quantitative estimate of drug-likeness (QED) is 0.563. The molecule has 0 bridgehead atoms. The molecule has 4 rings (SSSR count). The predicted octanol–water partition coefficient (Wildman–Crippen LogP) is 2.26. The van der Waals surface area contributed by atoms with Crippen LogP contribution in [0.4, 0.5) is 13.2 Å². The van der Waals surface area contributed by atoms with Crippen molar-refractivity contribution >= 4 is 17.7 Å². The van der Waals surface area contributed by atoms with Crippen molar-refractivity contribution in [2.24, 2.45) is 0 Å². The average Bonchev–Trinajstić information content (AvgIpc) is 3.19. The van der Waals surface area contributed by atoms with E-state index in [2.05, 4.69) is 19.5 Å². The van der Waals surface area contributed by atoms with Crippen LogP contribution in [0.5, 0.6) is 0 Å². The number of carboxylic acid groups (broad SMARTS) is 1. The molecule has 1 saturated heterocycles. The van der Waals surface area contributed by atoms with E-state index in [0.717, 1.165) is 55.2 Å². The fourth-order valence-electron chi connectivity index (χ4n) is 2.98. The van der Waals surface area contributed by atoms with E-state index in [1.807, 2.05) is 13.3 Å². The number of carboxylic acids is 1. The number of imidazole rings is 1. The second-order valence-corrected chi connectivity index (χ2v) is 7.58. The molecule has 0 spiro atoms. The summed E-state index contributed by atoms with van der Waals surface area (Å²) in [5.41, 5.74) is 4.09. The number of H-pyrrole nitrogens is 1. The Labute approximate surface area is 167 Å². The number of hydrogen-bond acceptors (Lipinski definition) is 6. The van der Waals surface area contributed by atoms with Crippen LogP contribution in [0.3, 0.4) is 0 Å². The Bertz CT molecular complexity index is 953. The highest BCUT2D eigenvalue weighted by atomic mass is 32.2. The minimum atomic E-state index is -5.08. The standard InChI is InChI=1S/C15H18N4O2S.C2HF3O2/c1-9-13(19(8-16-9)10-5-21-6-10)7-22-15-17-12-4-2-3-11(12)14(20)18-15;3-2(4,5)1(6)7/h8,10H,2-7H2,1H3,(H,17,18,20);(H,6,7). The summed E-state index contributed by atoms with van der Waals surface area (Å²) in [5.74, 6) is -2.00. The molecule has 0 atom stereocenters. The molecule has 158 valence electrons. The number of hydrogen-bond donors (Lipinski definition) is 2. The van der Waals surface area contributed by atoms with E-state index in [4.69, 9.17) is 14.6 Å². The average molecular weight is 432 g/mol. The predicted molar refractivity (Wildman–Crippen MR) is 97.0 cm³/mol. The topological polar surface area (TPSA) is 110 Å². The van der Waals surface area contributed by atoms with Gasteiger partial charge in [0.15, 0.2) is 5.16 Å². The van der Waals surface area contributed by atoms with Gasteiger partial charge in [0.05, 0.1) is 42.7 Å². The Balaban J connectivity index is 0.000000298. The fraction of sp³-hybridized carbons (Fsp3) is 0.529. The van der Waals surface area contributed by atoms with E-state index in [9.17, 15) is 18.0 Å². The van der Waals surface area contributed by atoms with Crippen molar-refractivity contribution in [3.63, 3.8) is 0 Å². The molecule has 8 nitrogen and oxygen atoms in total. The van der Waals surface area contributed by atoms with Crippen molar-refractivity contribution in [1.29, 1.82) is 0 Å². The number of carbonyl (C=O) groups is 1. The molecule has 12 heteroatoms. The van der Waals surface area contributed by atoms with Gasteiger partial charge < -0.3 is 19.4 Å². The monoisotopic (exact) mass is 432 g/mol. The molecule has 29 heavy (non-hydrogen) atoms. The van der Waals surface area contributed by atoms with Crippen molar-refractivity contribution in [2.75, 3.05) is 13.2 Å². The number of aryl methyl sites for hydroxylation is 2. The Morgan fingerprint density at radius 2 is 2.10 bits per heavy atom. The first-order valence-electron chi connectivity index (χ1n) is 8.82. The van der Waals surface area contributed by atoms with Gasteiger partial charge in [0, 0.05) is 11.3 Å². The lowest BCUT2D eigenvalue weighted by molar-refractivity contribution is -0.192. The van der Waals surface area contributed by atoms with Gasteiger partial charge in [-0.15, -0.1) is 0 Å². The molecular weight excluding hydrogens is 413 g/mol. The van der Waals surface area contributed by atoms with E-state index in [-0.39, 0.29) is 5.56 Å². The van der Waals surface area contributed by atoms with Crippen LogP contribution >= 0.6 is 11.8 Å². The first-order valence-corrected chi connectivity index (χ1v) is 9.80. The third kappa shape index (κ3) is 4.99. The number of fused-ring (bicyclic) bond motifs is 1. The molecule has 2 aliphatic rings. The summed E-state index contributed by atoms with van der Waals surface area (Å²) >= 11 is 1.57. The van der Waals surface area contributed by atoms with Crippen LogP contribution in [0.1, 0.15) is 35.1 Å². The van der Waals surface area contributed by atoms with E-state index >= 15 is 0 Å². The second-order valence-electron chi connectivity index (χ2n) is 6.62. The lowest BCUT2D eigenvalue weighted by Crippen LogP contribution is -2.31. The summed E-state index contributed by atoms with van der Waals surface area (Å²) in [7, 11) is 0. The zero-order valence-corrected chi connectivity index (χ0v) is 16.3. The lowest BCUT2D eigenvalue weighted by atomic mass is 10.2. The number of thioether (sulfide) groups is 1. The van der Waals surface area contributed by atoms with Gasteiger partial charge in [0.2, 0.25) is 0 Å². The molecule has 0 aromatic carbocycles. The fourth-order valence-corrected chi connectivity index (χ4v) is 3.95. The van der Waals surface area contributed by atoms with Gasteiger partial charge >= 0.3 is 12.1 Å². The van der Waals surface area contributed by atoms with Crippen molar-refractivity contribution in [2.45, 2.75) is 49.3 Å². The lowest BCUT2D eigenvalue weighted by Gasteiger charge is -2.28. The number of aromatic amines is 1. The van der Waals surface area contributed by atoms with E-state index in [0.29, 0.717) is 11.2 Å². The van der Waals surface area contributed by atoms with Gasteiger partial charge in [-0.25, -0.2) is 14.8 Å². The minimum absolute atomic E-state index is 0.0302. The summed E-state index contributed by atoms with van der Waals surface area (Å²) in [6.07, 6.45) is -0.385. The molecule has 2 aromatic heterocycles. The van der Waals surface area contributed by atoms with Gasteiger partial charge in [0.25, 0.3) is 5.56 Å². The second kappa shape index (κ2) is 8.57. The Morgan fingerprint density at radius 1 is 1.41 bits per heavy atom. The number of nitrogens with zero attached hydrogens (tertiary/aromatic N) is 3. The summed E-state index contributed by atoms with van der Waals surface area (Å²) in [6.45, 7) is 3.52. The number of aliphatic carboxylic acids is 1. The molecule has 1 fully saturated rings. The largest absolute Gasteiger partial charge is 0.490 e. The highest BCUT2D eigenvalue weighted by Gasteiger charge is 2.38. The van der Waals surface area contributed by atoms with Gasteiger partial charge in [-0.2, -0.15) is 13.2 Å². The molecule has 1 aliphatic carbocycles. The number of ether oxygens (including phenoxy) is 1. The zero-order chi connectivity index (χ0) is 21.2. The summed E-state index contributed by atoms with van der Waals surface area (Å²) < 4.78 is 39.2. The zero-order valence-electron chi connectivity index (χ0n) is 15.5. The number of aromatic nitrogens is 4. The van der Waals surface area contributed by atoms with Crippen LogP contribution in [0, 0.1) is 6.92 Å². The number of alkyl halides is 3. The maximum Gasteiger partial charge on any atom is 0.490 e. The molecule has 0 radical (unpaired) electrons. The normalized spacial score (nSPS) is 16.0. The maximum absolute atomic E-state index is 12.0. The highest BCUT2D eigenvalue weighted by molar-refractivity contribution is 7.98. The molecule has 0 saturated carbocycles. The maximum atomic E-state index is 12.0. The minimum Gasteiger partial charge on any atom is -0.475 e. The van der Waals surface area contributed by atoms with Gasteiger partial charge in [-0.3, -0.25) is 4.79 Å². The number of halogens is 3. The molecule has 0 amide bonds. The Morgan fingerprint density at radius 3 is 2.69 bits per heavy atom. The molecule has 1 aliphatic heterocycles. The van der Waals surface area contributed by atoms with Crippen molar-refractivity contribution in [3.05, 3.63) is 39.3 Å². The van der Waals surface area contributed by atoms with E-state index < -0.39 is 12.1 Å². The van der Waals surface area contributed by atoms with Crippen LogP contribution < -0.4 is 5.56 Å². The SMILES string of the molecule is Cc1ncn(C2COC2)c1CSc1nc2c(c(=O)[nH]1)CCC2.O=C(O)C(F)(F)F. The summed E-state index contributed by atoms with van der Waals surface area (Å²) in [5, 5.41) is 7.84. The van der Waals surface area contributed by atoms with Gasteiger partial charge in [-0.1, -0.05) is 11.8 Å². The third-order valence-corrected chi connectivity index (χ3v) is 5.51. The van der Waals surface area contributed by atoms with Crippen LogP contribution in [-0.2, 0) is 28.1 Å². The van der Waals surface area contributed by atoms with Gasteiger partial charge in [-0.05, 0) is 26.2 Å². The molecular formula is C17H19F3N4O4S. The first-order chi connectivity index (χ1) is 13.7. The highest BCUT2D eigenvalue weighted by Crippen LogP contribution is 2.27. The Hall–Kier alpha value is -2.34. The molecule has 2 N–H and O–H groups in total. The van der Waals surface area contributed by atoms with Crippen LogP contribution in [0.2, 0.25) is 0 Å². The summed E-state index contributed by atoms with van der Waals surface area (Å²) in [4.78, 5) is 32.9. The molecule has 2 aromatic rings. The van der Waals surface area contributed by atoms with E-state index in [1.54, 1.807) is 11.8 Å². The van der Waals surface area contributed by atoms with Crippen molar-refractivity contribution in [3.8, 4) is 0 Å². The third-order valence-electron chi connectivity index (χ3n) is 4.63. The van der Waals surface area contributed by atoms with Crippen molar-refractivity contribution < 1.29 is 27.8 Å². The smallest absolute Gasteiger partial charge is 0.475 e. The van der Waals surface area contributed by atoms with Crippen LogP contribution in [-0.4, -0.2) is 50.0 Å². The molecule has 3 heterocycles. The first kappa shape index (κ1) is 21.4. The Kier molecular flexibility index (Phi) is 6.32. The van der Waals surface area contributed by atoms with Crippen molar-refractivity contribution in [1.82, 2.24) is 19.5 Å². The van der Waals surface area contributed by atoms with Gasteiger partial charge in [0.1, 0.15) is 0 Å².